The third kappa shape index (κ3) is 3.14. The molecule has 0 aliphatic rings. The number of nitrogens with zero attached hydrogens (tertiary/aromatic N) is 4. The minimum atomic E-state index is -0.129. The lowest BCUT2D eigenvalue weighted by atomic mass is 10.1. The standard InChI is InChI=1S/C15H24ClN5/c1-5-10-8-13(21(7-3)18-10)11(17)9-14-15(16)12(6-2)19-20(14)4/h8,11H,5-7,9,17H2,1-4H3. The Morgan fingerprint density at radius 3 is 2.48 bits per heavy atom. The van der Waals surface area contributed by atoms with Crippen molar-refractivity contribution in [2.45, 2.75) is 52.6 Å². The molecule has 0 radical (unpaired) electrons. The monoisotopic (exact) mass is 309 g/mol. The second-order valence-electron chi connectivity index (χ2n) is 5.23. The molecule has 0 spiro atoms. The van der Waals surface area contributed by atoms with Crippen LogP contribution < -0.4 is 5.73 Å². The van der Waals surface area contributed by atoms with E-state index in [4.69, 9.17) is 17.3 Å². The Bertz CT molecular complexity index is 614. The minimum Gasteiger partial charge on any atom is -0.322 e. The zero-order chi connectivity index (χ0) is 15.6. The first-order valence-corrected chi connectivity index (χ1v) is 7.91. The lowest BCUT2D eigenvalue weighted by Crippen LogP contribution is -2.19. The molecule has 0 bridgehead atoms. The molecule has 0 amide bonds. The average Bonchev–Trinajstić information content (AvgIpc) is 3.02. The molecule has 0 saturated carbocycles. The predicted molar refractivity (Wildman–Crippen MR) is 85.5 cm³/mol. The van der Waals surface area contributed by atoms with Crippen LogP contribution in [0.3, 0.4) is 0 Å². The summed E-state index contributed by atoms with van der Waals surface area (Å²) in [5, 5.41) is 9.75. The van der Waals surface area contributed by atoms with Crippen LogP contribution in [0.25, 0.3) is 0 Å². The van der Waals surface area contributed by atoms with Gasteiger partial charge in [0.05, 0.1) is 33.8 Å². The predicted octanol–water partition coefficient (Wildman–Crippen LogP) is 2.66. The summed E-state index contributed by atoms with van der Waals surface area (Å²) in [6.45, 7) is 7.05. The van der Waals surface area contributed by atoms with Crippen LogP contribution in [0, 0.1) is 0 Å². The highest BCUT2D eigenvalue weighted by Crippen LogP contribution is 2.25. The van der Waals surface area contributed by atoms with Gasteiger partial charge >= 0.3 is 0 Å². The Kier molecular flexibility index (Phi) is 5.06. The van der Waals surface area contributed by atoms with E-state index in [1.54, 1.807) is 0 Å². The molecule has 2 aromatic rings. The SMILES string of the molecule is CCc1cc(C(N)Cc2c(Cl)c(CC)nn2C)n(CC)n1. The van der Waals surface area contributed by atoms with Crippen molar-refractivity contribution in [3.63, 3.8) is 0 Å². The first kappa shape index (κ1) is 16.0. The fourth-order valence-corrected chi connectivity index (χ4v) is 2.94. The molecule has 0 fully saturated rings. The van der Waals surface area contributed by atoms with Gasteiger partial charge in [0.1, 0.15) is 0 Å². The van der Waals surface area contributed by atoms with Crippen molar-refractivity contribution in [1.29, 1.82) is 0 Å². The Hall–Kier alpha value is -1.33. The van der Waals surface area contributed by atoms with E-state index in [9.17, 15) is 0 Å². The van der Waals surface area contributed by atoms with Gasteiger partial charge in [0.25, 0.3) is 0 Å². The molecule has 2 aromatic heterocycles. The maximum Gasteiger partial charge on any atom is 0.0850 e. The number of aromatic nitrogens is 4. The summed E-state index contributed by atoms with van der Waals surface area (Å²) in [5.74, 6) is 0. The van der Waals surface area contributed by atoms with Gasteiger partial charge in [0.15, 0.2) is 0 Å². The van der Waals surface area contributed by atoms with Crippen molar-refractivity contribution in [2.24, 2.45) is 12.8 Å². The van der Waals surface area contributed by atoms with E-state index in [-0.39, 0.29) is 6.04 Å². The van der Waals surface area contributed by atoms with E-state index in [0.717, 1.165) is 47.2 Å². The van der Waals surface area contributed by atoms with Gasteiger partial charge in [0, 0.05) is 20.0 Å². The van der Waals surface area contributed by atoms with E-state index >= 15 is 0 Å². The topological polar surface area (TPSA) is 61.7 Å². The van der Waals surface area contributed by atoms with Crippen LogP contribution >= 0.6 is 11.6 Å². The van der Waals surface area contributed by atoms with Crippen molar-refractivity contribution >= 4 is 11.6 Å². The Morgan fingerprint density at radius 1 is 1.24 bits per heavy atom. The van der Waals surface area contributed by atoms with E-state index in [0.29, 0.717) is 6.42 Å². The lowest BCUT2D eigenvalue weighted by Gasteiger charge is -2.13. The third-order valence-electron chi connectivity index (χ3n) is 3.82. The Labute approximate surface area is 131 Å². The normalized spacial score (nSPS) is 12.9. The maximum absolute atomic E-state index is 6.41. The summed E-state index contributed by atoms with van der Waals surface area (Å²) >= 11 is 6.41. The third-order valence-corrected chi connectivity index (χ3v) is 4.26. The summed E-state index contributed by atoms with van der Waals surface area (Å²) in [6.07, 6.45) is 2.41. The van der Waals surface area contributed by atoms with E-state index in [2.05, 4.69) is 37.0 Å². The van der Waals surface area contributed by atoms with Crippen LogP contribution in [0.4, 0.5) is 0 Å². The lowest BCUT2D eigenvalue weighted by molar-refractivity contribution is 0.552. The first-order valence-electron chi connectivity index (χ1n) is 7.54. The number of rotatable bonds is 6. The molecular weight excluding hydrogens is 286 g/mol. The van der Waals surface area contributed by atoms with Gasteiger partial charge in [-0.15, -0.1) is 0 Å². The zero-order valence-electron chi connectivity index (χ0n) is 13.2. The molecule has 5 nitrogen and oxygen atoms in total. The molecule has 21 heavy (non-hydrogen) atoms. The number of hydrogen-bond acceptors (Lipinski definition) is 3. The van der Waals surface area contributed by atoms with Crippen LogP contribution in [-0.4, -0.2) is 19.6 Å². The Balaban J connectivity index is 2.27. The van der Waals surface area contributed by atoms with Crippen LogP contribution in [0.2, 0.25) is 5.02 Å². The molecule has 2 rings (SSSR count). The van der Waals surface area contributed by atoms with Crippen LogP contribution in [0.15, 0.2) is 6.07 Å². The second-order valence-corrected chi connectivity index (χ2v) is 5.60. The van der Waals surface area contributed by atoms with Gasteiger partial charge < -0.3 is 5.73 Å². The van der Waals surface area contributed by atoms with Gasteiger partial charge in [-0.1, -0.05) is 25.4 Å². The summed E-state index contributed by atoms with van der Waals surface area (Å²) in [5.41, 5.74) is 10.5. The van der Waals surface area contributed by atoms with Crippen LogP contribution in [0.1, 0.15) is 49.6 Å². The van der Waals surface area contributed by atoms with Crippen LogP contribution in [-0.2, 0) is 32.9 Å². The molecule has 6 heteroatoms. The number of aryl methyl sites for hydroxylation is 4. The van der Waals surface area contributed by atoms with Crippen molar-refractivity contribution in [1.82, 2.24) is 19.6 Å². The summed E-state index contributed by atoms with van der Waals surface area (Å²) in [7, 11) is 1.92. The molecule has 1 unspecified atom stereocenters. The molecule has 0 aromatic carbocycles. The van der Waals surface area contributed by atoms with E-state index in [1.165, 1.54) is 0 Å². The Morgan fingerprint density at radius 2 is 1.95 bits per heavy atom. The van der Waals surface area contributed by atoms with Gasteiger partial charge in [0.2, 0.25) is 0 Å². The summed E-state index contributed by atoms with van der Waals surface area (Å²) in [6, 6.07) is 1.97. The molecule has 0 saturated heterocycles. The number of nitrogens with two attached hydrogens (primary N) is 1. The summed E-state index contributed by atoms with van der Waals surface area (Å²) < 4.78 is 3.82. The van der Waals surface area contributed by atoms with Gasteiger partial charge in [-0.2, -0.15) is 10.2 Å². The van der Waals surface area contributed by atoms with E-state index < -0.39 is 0 Å². The minimum absolute atomic E-state index is 0.129. The fraction of sp³-hybridized carbons (Fsp3) is 0.600. The van der Waals surface area contributed by atoms with Crippen LogP contribution in [0.5, 0.6) is 0 Å². The highest BCUT2D eigenvalue weighted by molar-refractivity contribution is 6.31. The quantitative estimate of drug-likeness (QED) is 0.892. The highest BCUT2D eigenvalue weighted by Gasteiger charge is 2.19. The average molecular weight is 310 g/mol. The smallest absolute Gasteiger partial charge is 0.0850 e. The fourth-order valence-electron chi connectivity index (χ4n) is 2.57. The molecule has 116 valence electrons. The molecule has 1 atom stereocenters. The van der Waals surface area contributed by atoms with Gasteiger partial charge in [-0.3, -0.25) is 9.36 Å². The molecule has 2 N–H and O–H groups in total. The highest BCUT2D eigenvalue weighted by atomic mass is 35.5. The molecular formula is C15H24ClN5. The molecule has 0 aliphatic heterocycles. The first-order chi connectivity index (χ1) is 10.0. The number of hydrogen-bond donors (Lipinski definition) is 1. The largest absolute Gasteiger partial charge is 0.322 e. The zero-order valence-corrected chi connectivity index (χ0v) is 14.0. The van der Waals surface area contributed by atoms with Gasteiger partial charge in [-0.25, -0.2) is 0 Å². The maximum atomic E-state index is 6.41. The molecule has 2 heterocycles. The van der Waals surface area contributed by atoms with Crippen molar-refractivity contribution in [2.75, 3.05) is 0 Å². The van der Waals surface area contributed by atoms with Crippen molar-refractivity contribution in [3.05, 3.63) is 33.9 Å². The van der Waals surface area contributed by atoms with Gasteiger partial charge in [-0.05, 0) is 25.8 Å². The molecule has 0 aliphatic carbocycles. The van der Waals surface area contributed by atoms with Crippen molar-refractivity contribution < 1.29 is 0 Å². The van der Waals surface area contributed by atoms with E-state index in [1.807, 2.05) is 16.4 Å². The summed E-state index contributed by atoms with van der Waals surface area (Å²) in [4.78, 5) is 0. The second kappa shape index (κ2) is 6.62. The van der Waals surface area contributed by atoms with Crippen molar-refractivity contribution in [3.8, 4) is 0 Å². The number of halogens is 1.